The van der Waals surface area contributed by atoms with Crippen LogP contribution in [0.1, 0.15) is 59.2 Å². The molecule has 6 rings (SSSR count). The van der Waals surface area contributed by atoms with Crippen molar-refractivity contribution in [2.75, 3.05) is 18.6 Å². The lowest BCUT2D eigenvalue weighted by Crippen LogP contribution is -2.30. The van der Waals surface area contributed by atoms with Gasteiger partial charge in [0.05, 0.1) is 35.5 Å². The summed E-state index contributed by atoms with van der Waals surface area (Å²) < 4.78 is 87.4. The van der Waals surface area contributed by atoms with Crippen LogP contribution in [0.3, 0.4) is 0 Å². The molecule has 4 aromatic rings. The molecule has 8 nitrogen and oxygen atoms in total. The number of halogens is 6. The smallest absolute Gasteiger partial charge is 0.383 e. The Morgan fingerprint density at radius 2 is 1.56 bits per heavy atom. The second-order valence-corrected chi connectivity index (χ2v) is 11.8. The molecule has 0 atom stereocenters. The zero-order valence-corrected chi connectivity index (χ0v) is 24.9. The molecule has 2 saturated carbocycles. The molecule has 14 heteroatoms. The first-order chi connectivity index (χ1) is 21.4. The minimum absolute atomic E-state index is 0.0635. The number of para-hydroxylation sites is 1. The number of tetrazole rings is 1. The van der Waals surface area contributed by atoms with Crippen LogP contribution in [-0.2, 0) is 43.3 Å². The van der Waals surface area contributed by atoms with Gasteiger partial charge in [0.25, 0.3) is 5.95 Å². The van der Waals surface area contributed by atoms with Crippen molar-refractivity contribution >= 4 is 16.9 Å². The molecule has 0 aliphatic heterocycles. The highest BCUT2D eigenvalue weighted by Gasteiger charge is 2.40. The third kappa shape index (κ3) is 7.38. The fourth-order valence-electron chi connectivity index (χ4n) is 5.61. The molecular weight excluding hydrogens is 600 g/mol. The van der Waals surface area contributed by atoms with E-state index in [4.69, 9.17) is 9.72 Å². The van der Waals surface area contributed by atoms with E-state index in [2.05, 4.69) is 20.3 Å². The van der Waals surface area contributed by atoms with Crippen LogP contribution < -0.4 is 4.90 Å². The third-order valence-corrected chi connectivity index (χ3v) is 8.18. The minimum atomic E-state index is -4.97. The lowest BCUT2D eigenvalue weighted by atomic mass is 10.0. The Kier molecular flexibility index (Phi) is 8.46. The maximum atomic E-state index is 13.7. The predicted molar refractivity (Wildman–Crippen MR) is 154 cm³/mol. The second-order valence-electron chi connectivity index (χ2n) is 11.8. The normalized spacial score (nSPS) is 15.8. The first-order valence-electron chi connectivity index (χ1n) is 14.8. The van der Waals surface area contributed by atoms with Gasteiger partial charge in [-0.1, -0.05) is 23.3 Å². The Hall–Kier alpha value is -3.78. The first kappa shape index (κ1) is 31.2. The lowest BCUT2D eigenvalue weighted by Gasteiger charge is -2.26. The van der Waals surface area contributed by atoms with Crippen molar-refractivity contribution in [3.8, 4) is 0 Å². The lowest BCUT2D eigenvalue weighted by molar-refractivity contribution is -0.143. The number of methoxy groups -OCH3 is 1. The van der Waals surface area contributed by atoms with Gasteiger partial charge in [-0.2, -0.15) is 31.1 Å². The van der Waals surface area contributed by atoms with E-state index >= 15 is 0 Å². The van der Waals surface area contributed by atoms with Gasteiger partial charge >= 0.3 is 12.4 Å². The summed E-state index contributed by atoms with van der Waals surface area (Å²) in [5.41, 5.74) is 0.518. The zero-order chi connectivity index (χ0) is 31.9. The van der Waals surface area contributed by atoms with Crippen molar-refractivity contribution in [3.05, 3.63) is 76.0 Å². The standard InChI is InChI=1S/C31H33F6N7O/c1-19-4-3-5-21-14-22(27(38-28(19)21)18-43(25-6-7-25)26-8-9-26)17-42(29-39-41-44(40-29)10-11-45-2)16-20-12-23(30(32,33)34)15-24(13-20)31(35,36)37/h3-5,12-15,25-26H,6-11,16-18H2,1-2H3. The van der Waals surface area contributed by atoms with Gasteiger partial charge in [-0.3, -0.25) is 9.88 Å². The van der Waals surface area contributed by atoms with Crippen LogP contribution in [0.4, 0.5) is 32.3 Å². The van der Waals surface area contributed by atoms with Crippen LogP contribution in [-0.4, -0.2) is 55.9 Å². The Morgan fingerprint density at radius 3 is 2.16 bits per heavy atom. The van der Waals surface area contributed by atoms with Crippen molar-refractivity contribution in [1.82, 2.24) is 30.1 Å². The molecule has 2 aromatic carbocycles. The largest absolute Gasteiger partial charge is 0.416 e. The molecule has 0 saturated heterocycles. The van der Waals surface area contributed by atoms with E-state index < -0.39 is 23.5 Å². The van der Waals surface area contributed by atoms with Gasteiger partial charge in [-0.15, -0.1) is 5.10 Å². The molecule has 2 heterocycles. The number of aromatic nitrogens is 5. The number of anilines is 1. The van der Waals surface area contributed by atoms with Crippen LogP contribution >= 0.6 is 0 Å². The summed E-state index contributed by atoms with van der Waals surface area (Å²) in [6.07, 6.45) is -5.45. The van der Waals surface area contributed by atoms with Gasteiger partial charge < -0.3 is 9.64 Å². The molecule has 2 aliphatic carbocycles. The van der Waals surface area contributed by atoms with Gasteiger partial charge in [0.15, 0.2) is 0 Å². The molecule has 0 bridgehead atoms. The highest BCUT2D eigenvalue weighted by molar-refractivity contribution is 5.82. The van der Waals surface area contributed by atoms with Gasteiger partial charge in [0.2, 0.25) is 0 Å². The number of nitrogens with zero attached hydrogens (tertiary/aromatic N) is 7. The third-order valence-electron chi connectivity index (χ3n) is 8.18. The number of hydrogen-bond donors (Lipinski definition) is 0. The molecule has 2 aliphatic rings. The summed E-state index contributed by atoms with van der Waals surface area (Å²) >= 11 is 0. The van der Waals surface area contributed by atoms with Crippen LogP contribution in [0.15, 0.2) is 42.5 Å². The number of pyridine rings is 1. The highest BCUT2D eigenvalue weighted by atomic mass is 19.4. The molecule has 0 amide bonds. The Bertz CT molecular complexity index is 1620. The fourth-order valence-corrected chi connectivity index (χ4v) is 5.61. The van der Waals surface area contributed by atoms with Crippen LogP contribution in [0, 0.1) is 6.92 Å². The molecule has 0 unspecified atom stereocenters. The summed E-state index contributed by atoms with van der Waals surface area (Å²) in [4.78, 5) is 10.4. The predicted octanol–water partition coefficient (Wildman–Crippen LogP) is 6.55. The van der Waals surface area contributed by atoms with Gasteiger partial charge in [0, 0.05) is 44.2 Å². The molecule has 0 N–H and O–H groups in total. The van der Waals surface area contributed by atoms with Gasteiger partial charge in [0.1, 0.15) is 0 Å². The first-order valence-corrected chi connectivity index (χ1v) is 14.8. The Morgan fingerprint density at radius 1 is 0.889 bits per heavy atom. The number of fused-ring (bicyclic) bond motifs is 1. The molecule has 240 valence electrons. The van der Waals surface area contributed by atoms with Crippen LogP contribution in [0.2, 0.25) is 0 Å². The van der Waals surface area contributed by atoms with E-state index in [1.165, 1.54) is 11.9 Å². The van der Waals surface area contributed by atoms with Crippen molar-refractivity contribution in [2.24, 2.45) is 0 Å². The van der Waals surface area contributed by atoms with E-state index in [0.717, 1.165) is 65.5 Å². The highest BCUT2D eigenvalue weighted by Crippen LogP contribution is 2.40. The SMILES string of the molecule is COCCn1nnc(N(Cc2cc(C(F)(F)F)cc(C(F)(F)F)c2)Cc2cc3cccc(C)c3nc2CN(C2CC2)C2CC2)n1. The van der Waals surface area contributed by atoms with E-state index in [-0.39, 0.29) is 43.8 Å². The number of alkyl halides is 6. The number of aryl methyl sites for hydroxylation is 1. The summed E-state index contributed by atoms with van der Waals surface area (Å²) in [7, 11) is 1.51. The van der Waals surface area contributed by atoms with E-state index in [0.29, 0.717) is 18.6 Å². The summed E-state index contributed by atoms with van der Waals surface area (Å²) in [6.45, 7) is 2.89. The second kappa shape index (κ2) is 12.2. The number of hydrogen-bond acceptors (Lipinski definition) is 7. The molecule has 2 aromatic heterocycles. The maximum absolute atomic E-state index is 13.7. The Balaban J connectivity index is 1.42. The van der Waals surface area contributed by atoms with Crippen molar-refractivity contribution in [1.29, 1.82) is 0 Å². The van der Waals surface area contributed by atoms with Crippen LogP contribution in [0.5, 0.6) is 0 Å². The van der Waals surface area contributed by atoms with E-state index in [9.17, 15) is 26.3 Å². The number of ether oxygens (including phenoxy) is 1. The zero-order valence-electron chi connectivity index (χ0n) is 24.9. The summed E-state index contributed by atoms with van der Waals surface area (Å²) in [6, 6.07) is 10.4. The van der Waals surface area contributed by atoms with Crippen molar-refractivity contribution in [3.63, 3.8) is 0 Å². The average Bonchev–Trinajstić information content (AvgIpc) is 3.92. The summed E-state index contributed by atoms with van der Waals surface area (Å²) in [5, 5.41) is 13.4. The molecule has 2 fully saturated rings. The average molecular weight is 634 g/mol. The maximum Gasteiger partial charge on any atom is 0.416 e. The molecular formula is C31H33F6N7O. The quantitative estimate of drug-likeness (QED) is 0.164. The van der Waals surface area contributed by atoms with Crippen molar-refractivity contribution in [2.45, 2.75) is 83.2 Å². The topological polar surface area (TPSA) is 72.2 Å². The number of benzene rings is 2. The summed E-state index contributed by atoms with van der Waals surface area (Å²) in [5.74, 6) is 0.0635. The monoisotopic (exact) mass is 633 g/mol. The Labute approximate surface area is 256 Å². The molecule has 45 heavy (non-hydrogen) atoms. The van der Waals surface area contributed by atoms with Gasteiger partial charge in [-0.25, -0.2) is 0 Å². The number of rotatable bonds is 12. The van der Waals surface area contributed by atoms with Crippen molar-refractivity contribution < 1.29 is 31.1 Å². The fraction of sp³-hybridized carbons (Fsp3) is 0.484. The van der Waals surface area contributed by atoms with E-state index in [1.807, 2.05) is 31.2 Å². The van der Waals surface area contributed by atoms with Crippen LogP contribution in [0.25, 0.3) is 10.9 Å². The minimum Gasteiger partial charge on any atom is -0.383 e. The molecule has 0 radical (unpaired) electrons. The van der Waals surface area contributed by atoms with E-state index in [1.54, 1.807) is 4.90 Å². The molecule has 0 spiro atoms. The van der Waals surface area contributed by atoms with Gasteiger partial charge in [-0.05, 0) is 78.8 Å².